The van der Waals surface area contributed by atoms with Gasteiger partial charge in [0.05, 0.1) is 21.3 Å². The summed E-state index contributed by atoms with van der Waals surface area (Å²) in [5.41, 5.74) is 1.65. The molecule has 2 aromatic carbocycles. The molecule has 1 amide bonds. The minimum absolute atomic E-state index is 0.0162. The first kappa shape index (κ1) is 20.9. The number of nitrogens with one attached hydrogen (secondary N) is 1. The number of thioether (sulfide) groups is 1. The van der Waals surface area contributed by atoms with Gasteiger partial charge in [-0.05, 0) is 24.3 Å². The summed E-state index contributed by atoms with van der Waals surface area (Å²) in [5, 5.41) is 20.3. The van der Waals surface area contributed by atoms with E-state index in [1.165, 1.54) is 59.5 Å². The standard InChI is InChI=1S/C17H14N4O5S3/c18-29(25,26)14-6-4-12(5-7-14)19-16(22)10-28-17-20-15(9-27-17)11-2-1-3-13(8-11)21(23)24/h1-9H,10H2,(H,19,22)(H2,18,25,26). The Morgan fingerprint density at radius 3 is 2.62 bits per heavy atom. The Balaban J connectivity index is 1.59. The number of nitrogens with two attached hydrogens (primary N) is 1. The summed E-state index contributed by atoms with van der Waals surface area (Å²) >= 11 is 2.56. The Morgan fingerprint density at radius 2 is 1.97 bits per heavy atom. The number of hydrogen-bond donors (Lipinski definition) is 2. The van der Waals surface area contributed by atoms with E-state index < -0.39 is 14.9 Å². The molecule has 0 bridgehead atoms. The minimum atomic E-state index is -3.78. The van der Waals surface area contributed by atoms with E-state index in [-0.39, 0.29) is 22.2 Å². The maximum atomic E-state index is 12.1. The van der Waals surface area contributed by atoms with Crippen LogP contribution >= 0.6 is 23.1 Å². The number of nitro benzene ring substituents is 1. The fourth-order valence-electron chi connectivity index (χ4n) is 2.29. The highest BCUT2D eigenvalue weighted by Crippen LogP contribution is 2.30. The summed E-state index contributed by atoms with van der Waals surface area (Å²) in [7, 11) is -3.78. The van der Waals surface area contributed by atoms with Crippen LogP contribution in [0.2, 0.25) is 0 Å². The molecular weight excluding hydrogens is 436 g/mol. The fourth-order valence-corrected chi connectivity index (χ4v) is 4.44. The Bertz CT molecular complexity index is 1160. The summed E-state index contributed by atoms with van der Waals surface area (Å²) in [4.78, 5) is 26.9. The van der Waals surface area contributed by atoms with E-state index in [4.69, 9.17) is 5.14 Å². The lowest BCUT2D eigenvalue weighted by atomic mass is 10.1. The molecule has 0 saturated heterocycles. The van der Waals surface area contributed by atoms with Crippen molar-refractivity contribution in [3.05, 3.63) is 64.0 Å². The lowest BCUT2D eigenvalue weighted by Crippen LogP contribution is -2.15. The van der Waals surface area contributed by atoms with Crippen molar-refractivity contribution in [1.29, 1.82) is 0 Å². The van der Waals surface area contributed by atoms with Crippen LogP contribution in [0.1, 0.15) is 0 Å². The van der Waals surface area contributed by atoms with E-state index in [2.05, 4.69) is 10.3 Å². The Hall–Kier alpha value is -2.80. The summed E-state index contributed by atoms with van der Waals surface area (Å²) in [6, 6.07) is 11.7. The molecule has 12 heteroatoms. The number of benzene rings is 2. The zero-order valence-corrected chi connectivity index (χ0v) is 17.1. The monoisotopic (exact) mass is 450 g/mol. The van der Waals surface area contributed by atoms with Gasteiger partial charge in [-0.15, -0.1) is 11.3 Å². The van der Waals surface area contributed by atoms with Gasteiger partial charge in [0.2, 0.25) is 15.9 Å². The molecule has 0 saturated carbocycles. The molecule has 0 radical (unpaired) electrons. The third kappa shape index (κ3) is 5.60. The van der Waals surface area contributed by atoms with Gasteiger partial charge in [0.1, 0.15) is 0 Å². The molecule has 0 aliphatic rings. The van der Waals surface area contributed by atoms with Crippen LogP contribution < -0.4 is 10.5 Å². The van der Waals surface area contributed by atoms with Gasteiger partial charge in [0, 0.05) is 28.8 Å². The predicted molar refractivity (Wildman–Crippen MR) is 111 cm³/mol. The topological polar surface area (TPSA) is 145 Å². The van der Waals surface area contributed by atoms with Gasteiger partial charge >= 0.3 is 0 Å². The lowest BCUT2D eigenvalue weighted by molar-refractivity contribution is -0.384. The van der Waals surface area contributed by atoms with Crippen molar-refractivity contribution >= 4 is 50.4 Å². The van der Waals surface area contributed by atoms with Crippen LogP contribution in [-0.4, -0.2) is 30.0 Å². The number of carbonyl (C=O) groups excluding carboxylic acids is 1. The molecule has 0 aliphatic heterocycles. The van der Waals surface area contributed by atoms with Gasteiger partial charge in [-0.2, -0.15) is 0 Å². The quantitative estimate of drug-likeness (QED) is 0.319. The molecule has 29 heavy (non-hydrogen) atoms. The highest BCUT2D eigenvalue weighted by atomic mass is 32.2. The second kappa shape index (κ2) is 8.69. The predicted octanol–water partition coefficient (Wildman–Crippen LogP) is 3.10. The first-order valence-electron chi connectivity index (χ1n) is 7.98. The zero-order chi connectivity index (χ0) is 21.0. The van der Waals surface area contributed by atoms with Crippen molar-refractivity contribution in [3.63, 3.8) is 0 Å². The highest BCUT2D eigenvalue weighted by Gasteiger charge is 2.12. The molecule has 0 aliphatic carbocycles. The fraction of sp³-hybridized carbons (Fsp3) is 0.0588. The van der Waals surface area contributed by atoms with Crippen LogP contribution in [0.4, 0.5) is 11.4 Å². The van der Waals surface area contributed by atoms with Crippen LogP contribution in [0.25, 0.3) is 11.3 Å². The maximum absolute atomic E-state index is 12.1. The van der Waals surface area contributed by atoms with Gasteiger partial charge < -0.3 is 5.32 Å². The van der Waals surface area contributed by atoms with Gasteiger partial charge in [0.25, 0.3) is 5.69 Å². The number of sulfonamides is 1. The number of anilines is 1. The first-order chi connectivity index (χ1) is 13.7. The largest absolute Gasteiger partial charge is 0.325 e. The number of thiazole rings is 1. The number of hydrogen-bond acceptors (Lipinski definition) is 8. The van der Waals surface area contributed by atoms with E-state index in [1.54, 1.807) is 17.5 Å². The van der Waals surface area contributed by atoms with E-state index in [9.17, 15) is 23.3 Å². The normalized spacial score (nSPS) is 11.2. The maximum Gasteiger partial charge on any atom is 0.270 e. The molecule has 150 valence electrons. The average molecular weight is 451 g/mol. The molecule has 0 fully saturated rings. The second-order valence-electron chi connectivity index (χ2n) is 5.71. The van der Waals surface area contributed by atoms with E-state index in [0.717, 1.165) is 0 Å². The number of non-ortho nitro benzene ring substituents is 1. The molecule has 9 nitrogen and oxygen atoms in total. The molecule has 3 N–H and O–H groups in total. The number of aromatic nitrogens is 1. The number of carbonyl (C=O) groups is 1. The molecule has 3 aromatic rings. The number of nitrogens with zero attached hydrogens (tertiary/aromatic N) is 2. The third-order valence-corrected chi connectivity index (χ3v) is 6.58. The van der Waals surface area contributed by atoms with Gasteiger partial charge in [-0.25, -0.2) is 18.5 Å². The highest BCUT2D eigenvalue weighted by molar-refractivity contribution is 8.01. The van der Waals surface area contributed by atoms with Crippen LogP contribution in [0, 0.1) is 10.1 Å². The van der Waals surface area contributed by atoms with Gasteiger partial charge in [0.15, 0.2) is 4.34 Å². The van der Waals surface area contributed by atoms with Crippen LogP contribution in [0.3, 0.4) is 0 Å². The van der Waals surface area contributed by atoms with Gasteiger partial charge in [-0.1, -0.05) is 23.9 Å². The second-order valence-corrected chi connectivity index (χ2v) is 9.35. The Morgan fingerprint density at radius 1 is 1.24 bits per heavy atom. The van der Waals surface area contributed by atoms with Crippen LogP contribution in [0.15, 0.2) is 63.1 Å². The summed E-state index contributed by atoms with van der Waals surface area (Å²) < 4.78 is 23.1. The zero-order valence-electron chi connectivity index (χ0n) is 14.6. The third-order valence-electron chi connectivity index (χ3n) is 3.63. The van der Waals surface area contributed by atoms with E-state index in [1.807, 2.05) is 0 Å². The number of amides is 1. The Kier molecular flexibility index (Phi) is 6.27. The van der Waals surface area contributed by atoms with Gasteiger partial charge in [-0.3, -0.25) is 14.9 Å². The van der Waals surface area contributed by atoms with Crippen molar-refractivity contribution in [2.75, 3.05) is 11.1 Å². The smallest absolute Gasteiger partial charge is 0.270 e. The molecular formula is C17H14N4O5S3. The van der Waals surface area contributed by atoms with Crippen molar-refractivity contribution in [1.82, 2.24) is 4.98 Å². The van der Waals surface area contributed by atoms with Crippen LogP contribution in [-0.2, 0) is 14.8 Å². The molecule has 1 heterocycles. The van der Waals surface area contributed by atoms with E-state index in [0.29, 0.717) is 21.3 Å². The molecule has 0 atom stereocenters. The number of rotatable bonds is 7. The van der Waals surface area contributed by atoms with Crippen molar-refractivity contribution in [3.8, 4) is 11.3 Å². The average Bonchev–Trinajstić information content (AvgIpc) is 3.15. The summed E-state index contributed by atoms with van der Waals surface area (Å²) in [5.74, 6) is -0.191. The number of nitro groups is 1. The molecule has 3 rings (SSSR count). The summed E-state index contributed by atoms with van der Waals surface area (Å²) in [6.07, 6.45) is 0. The lowest BCUT2D eigenvalue weighted by Gasteiger charge is -2.05. The SMILES string of the molecule is NS(=O)(=O)c1ccc(NC(=O)CSc2nc(-c3cccc([N+](=O)[O-])c3)cs2)cc1. The van der Waals surface area contributed by atoms with Crippen molar-refractivity contribution < 1.29 is 18.1 Å². The first-order valence-corrected chi connectivity index (χ1v) is 11.4. The number of primary sulfonamides is 1. The molecule has 0 unspecified atom stereocenters. The van der Waals surface area contributed by atoms with Crippen LogP contribution in [0.5, 0.6) is 0 Å². The Labute approximate surface area is 174 Å². The molecule has 1 aromatic heterocycles. The summed E-state index contributed by atoms with van der Waals surface area (Å²) in [6.45, 7) is 0. The minimum Gasteiger partial charge on any atom is -0.325 e. The van der Waals surface area contributed by atoms with Crippen molar-refractivity contribution in [2.24, 2.45) is 5.14 Å². The van der Waals surface area contributed by atoms with Crippen molar-refractivity contribution in [2.45, 2.75) is 9.24 Å². The van der Waals surface area contributed by atoms with E-state index >= 15 is 0 Å². The molecule has 0 spiro atoms.